The zero-order valence-corrected chi connectivity index (χ0v) is 11.2. The van der Waals surface area contributed by atoms with E-state index >= 15 is 0 Å². The lowest BCUT2D eigenvalue weighted by Gasteiger charge is -2.32. The van der Waals surface area contributed by atoms with Crippen molar-refractivity contribution in [3.8, 4) is 11.8 Å². The summed E-state index contributed by atoms with van der Waals surface area (Å²) in [6, 6.07) is 9.56. The van der Waals surface area contributed by atoms with Gasteiger partial charge < -0.3 is 9.64 Å². The second-order valence-corrected chi connectivity index (χ2v) is 5.70. The van der Waals surface area contributed by atoms with Gasteiger partial charge in [-0.3, -0.25) is 0 Å². The molecule has 3 nitrogen and oxygen atoms in total. The highest BCUT2D eigenvalue weighted by atomic mass is 16.5. The Bertz CT molecular complexity index is 451. The lowest BCUT2D eigenvalue weighted by molar-refractivity contribution is 0.0980. The highest BCUT2D eigenvalue weighted by Crippen LogP contribution is 2.30. The molecular weight excluding hydrogens is 236 g/mol. The third-order valence-corrected chi connectivity index (χ3v) is 4.03. The van der Waals surface area contributed by atoms with E-state index in [1.165, 1.54) is 19.4 Å². The van der Waals surface area contributed by atoms with E-state index in [9.17, 15) is 0 Å². The third-order valence-electron chi connectivity index (χ3n) is 4.03. The molecule has 1 aliphatic heterocycles. The van der Waals surface area contributed by atoms with Gasteiger partial charge >= 0.3 is 0 Å². The number of likely N-dealkylation sites (tertiary alicyclic amines) is 1. The molecule has 0 amide bonds. The molecule has 0 aromatic heterocycles. The van der Waals surface area contributed by atoms with Crippen molar-refractivity contribution in [2.45, 2.75) is 31.8 Å². The first-order chi connectivity index (χ1) is 9.33. The van der Waals surface area contributed by atoms with Gasteiger partial charge in [-0.15, -0.1) is 0 Å². The molecule has 2 aliphatic rings. The van der Waals surface area contributed by atoms with Crippen molar-refractivity contribution in [3.63, 3.8) is 0 Å². The van der Waals surface area contributed by atoms with Crippen molar-refractivity contribution in [2.24, 2.45) is 5.92 Å². The summed E-state index contributed by atoms with van der Waals surface area (Å²) in [5.41, 5.74) is 0.687. The fraction of sp³-hybridized carbons (Fsp3) is 0.562. The molecule has 0 atom stereocenters. The van der Waals surface area contributed by atoms with Crippen LogP contribution in [0.2, 0.25) is 0 Å². The summed E-state index contributed by atoms with van der Waals surface area (Å²) in [4.78, 5) is 2.58. The quantitative estimate of drug-likeness (QED) is 0.831. The van der Waals surface area contributed by atoms with Gasteiger partial charge in [0.1, 0.15) is 11.9 Å². The fourth-order valence-corrected chi connectivity index (χ4v) is 2.68. The first-order valence-electron chi connectivity index (χ1n) is 7.22. The molecule has 2 fully saturated rings. The summed E-state index contributed by atoms with van der Waals surface area (Å²) in [6.07, 6.45) is 5.44. The smallest absolute Gasteiger partial charge is 0.119 e. The molecule has 1 aliphatic carbocycles. The second kappa shape index (κ2) is 5.63. The molecule has 0 N–H and O–H groups in total. The van der Waals surface area contributed by atoms with Gasteiger partial charge in [0.2, 0.25) is 0 Å². The van der Waals surface area contributed by atoms with Gasteiger partial charge in [-0.25, -0.2) is 0 Å². The molecule has 0 bridgehead atoms. The Balaban J connectivity index is 1.46. The summed E-state index contributed by atoms with van der Waals surface area (Å²) in [7, 11) is 0. The van der Waals surface area contributed by atoms with E-state index in [1.54, 1.807) is 0 Å². The minimum atomic E-state index is 0.336. The van der Waals surface area contributed by atoms with Crippen LogP contribution >= 0.6 is 0 Å². The Kier molecular flexibility index (Phi) is 3.70. The predicted octanol–water partition coefficient (Wildman–Crippen LogP) is 2.81. The third kappa shape index (κ3) is 3.48. The van der Waals surface area contributed by atoms with E-state index in [1.807, 2.05) is 24.3 Å². The topological polar surface area (TPSA) is 36.3 Å². The van der Waals surface area contributed by atoms with Crippen molar-refractivity contribution < 1.29 is 4.74 Å². The number of nitrogens with zero attached hydrogens (tertiary/aromatic N) is 2. The van der Waals surface area contributed by atoms with Gasteiger partial charge in [0.05, 0.1) is 11.6 Å². The largest absolute Gasteiger partial charge is 0.490 e. The molecular formula is C16H20N2O. The molecule has 1 aromatic carbocycles. The van der Waals surface area contributed by atoms with Crippen LogP contribution < -0.4 is 4.74 Å². The zero-order chi connectivity index (χ0) is 13.1. The molecule has 0 radical (unpaired) electrons. The summed E-state index contributed by atoms with van der Waals surface area (Å²) in [6.45, 7) is 3.62. The SMILES string of the molecule is N#Cc1ccc(OC2CCN(CC3CC3)CC2)cc1. The molecule has 3 rings (SSSR count). The van der Waals surface area contributed by atoms with Crippen LogP contribution in [0, 0.1) is 17.2 Å². The average Bonchev–Trinajstić information content (AvgIpc) is 3.26. The van der Waals surface area contributed by atoms with Gasteiger partial charge in [0, 0.05) is 19.6 Å². The van der Waals surface area contributed by atoms with Crippen LogP contribution in [0.15, 0.2) is 24.3 Å². The molecule has 3 heteroatoms. The van der Waals surface area contributed by atoms with Crippen LogP contribution in [0.1, 0.15) is 31.2 Å². The summed E-state index contributed by atoms with van der Waals surface area (Å²) >= 11 is 0. The second-order valence-electron chi connectivity index (χ2n) is 5.70. The average molecular weight is 256 g/mol. The monoisotopic (exact) mass is 256 g/mol. The first kappa shape index (κ1) is 12.5. The van der Waals surface area contributed by atoms with Gasteiger partial charge in [0.15, 0.2) is 0 Å². The Morgan fingerprint density at radius 1 is 1.11 bits per heavy atom. The maximum Gasteiger partial charge on any atom is 0.119 e. The van der Waals surface area contributed by atoms with Crippen molar-refractivity contribution in [2.75, 3.05) is 19.6 Å². The first-order valence-corrected chi connectivity index (χ1v) is 7.22. The van der Waals surface area contributed by atoms with Crippen molar-refractivity contribution >= 4 is 0 Å². The molecule has 100 valence electrons. The Hall–Kier alpha value is -1.53. The molecule has 1 heterocycles. The number of nitriles is 1. The number of piperidine rings is 1. The van der Waals surface area contributed by atoms with Crippen LogP contribution in [0.5, 0.6) is 5.75 Å². The maximum absolute atomic E-state index is 8.76. The molecule has 0 spiro atoms. The summed E-state index contributed by atoms with van der Waals surface area (Å²) < 4.78 is 5.99. The van der Waals surface area contributed by atoms with Crippen LogP contribution in [-0.2, 0) is 0 Å². The minimum Gasteiger partial charge on any atom is -0.490 e. The lowest BCUT2D eigenvalue weighted by atomic mass is 10.1. The van der Waals surface area contributed by atoms with Crippen LogP contribution in [0.3, 0.4) is 0 Å². The molecule has 1 saturated heterocycles. The van der Waals surface area contributed by atoms with E-state index in [0.29, 0.717) is 11.7 Å². The van der Waals surface area contributed by atoms with Crippen LogP contribution in [0.25, 0.3) is 0 Å². The van der Waals surface area contributed by atoms with E-state index in [4.69, 9.17) is 10.00 Å². The normalized spacial score (nSPS) is 21.0. The molecule has 1 saturated carbocycles. The van der Waals surface area contributed by atoms with Crippen LogP contribution in [0.4, 0.5) is 0 Å². The zero-order valence-electron chi connectivity index (χ0n) is 11.2. The minimum absolute atomic E-state index is 0.336. The predicted molar refractivity (Wildman–Crippen MR) is 74.0 cm³/mol. The van der Waals surface area contributed by atoms with E-state index < -0.39 is 0 Å². The van der Waals surface area contributed by atoms with Gasteiger partial charge in [-0.1, -0.05) is 0 Å². The van der Waals surface area contributed by atoms with Crippen LogP contribution in [-0.4, -0.2) is 30.6 Å². The highest BCUT2D eigenvalue weighted by molar-refractivity contribution is 5.34. The van der Waals surface area contributed by atoms with Crippen molar-refractivity contribution in [1.29, 1.82) is 5.26 Å². The van der Waals surface area contributed by atoms with Gasteiger partial charge in [-0.2, -0.15) is 5.26 Å². The van der Waals surface area contributed by atoms with Gasteiger partial charge in [-0.05, 0) is 55.9 Å². The lowest BCUT2D eigenvalue weighted by Crippen LogP contribution is -2.39. The summed E-state index contributed by atoms with van der Waals surface area (Å²) in [5.74, 6) is 1.87. The number of benzene rings is 1. The standard InChI is InChI=1S/C16H20N2O/c17-11-13-3-5-15(6-4-13)19-16-7-9-18(10-8-16)12-14-1-2-14/h3-6,14,16H,1-2,7-10,12H2. The number of rotatable bonds is 4. The number of hydrogen-bond acceptors (Lipinski definition) is 3. The summed E-state index contributed by atoms with van der Waals surface area (Å²) in [5, 5.41) is 8.76. The molecule has 1 aromatic rings. The number of hydrogen-bond donors (Lipinski definition) is 0. The molecule has 0 unspecified atom stereocenters. The van der Waals surface area contributed by atoms with E-state index in [-0.39, 0.29) is 0 Å². The van der Waals surface area contributed by atoms with Crippen molar-refractivity contribution in [1.82, 2.24) is 4.90 Å². The molecule has 19 heavy (non-hydrogen) atoms. The number of ether oxygens (including phenoxy) is 1. The Morgan fingerprint density at radius 3 is 2.37 bits per heavy atom. The van der Waals surface area contributed by atoms with E-state index in [2.05, 4.69) is 11.0 Å². The Labute approximate surface area is 114 Å². The van der Waals surface area contributed by atoms with E-state index in [0.717, 1.165) is 37.6 Å². The van der Waals surface area contributed by atoms with Crippen molar-refractivity contribution in [3.05, 3.63) is 29.8 Å². The highest BCUT2D eigenvalue weighted by Gasteiger charge is 2.27. The Morgan fingerprint density at radius 2 is 1.79 bits per heavy atom. The fourth-order valence-electron chi connectivity index (χ4n) is 2.68. The van der Waals surface area contributed by atoms with Gasteiger partial charge in [0.25, 0.3) is 0 Å². The maximum atomic E-state index is 8.76.